The van der Waals surface area contributed by atoms with Crippen molar-refractivity contribution in [3.8, 4) is 16.4 Å². The molecule has 7 heteroatoms. The number of benzene rings is 1. The topological polar surface area (TPSA) is 51.0 Å². The first-order valence-electron chi connectivity index (χ1n) is 9.21. The van der Waals surface area contributed by atoms with Gasteiger partial charge in [-0.25, -0.2) is 0 Å². The van der Waals surface area contributed by atoms with Gasteiger partial charge in [-0.1, -0.05) is 36.0 Å². The van der Waals surface area contributed by atoms with Crippen LogP contribution < -0.4 is 0 Å². The van der Waals surface area contributed by atoms with Crippen LogP contribution in [0.25, 0.3) is 16.4 Å². The van der Waals surface area contributed by atoms with E-state index >= 15 is 0 Å². The Bertz CT molecular complexity index is 892. The molecule has 27 heavy (non-hydrogen) atoms. The number of amides is 1. The Morgan fingerprint density at radius 2 is 2.04 bits per heavy atom. The number of thioether (sulfide) groups is 1. The van der Waals surface area contributed by atoms with E-state index in [2.05, 4.69) is 17.1 Å². The van der Waals surface area contributed by atoms with Crippen LogP contribution in [0.4, 0.5) is 0 Å². The largest absolute Gasteiger partial charge is 0.339 e. The van der Waals surface area contributed by atoms with E-state index in [0.717, 1.165) is 40.9 Å². The minimum absolute atomic E-state index is 0.187. The van der Waals surface area contributed by atoms with E-state index in [1.165, 1.54) is 18.2 Å². The van der Waals surface area contributed by atoms with E-state index in [-0.39, 0.29) is 5.91 Å². The lowest BCUT2D eigenvalue weighted by Crippen LogP contribution is -2.42. The zero-order chi connectivity index (χ0) is 18.6. The number of thiophene rings is 1. The van der Waals surface area contributed by atoms with E-state index in [1.54, 1.807) is 11.3 Å². The van der Waals surface area contributed by atoms with Crippen LogP contribution >= 0.6 is 23.1 Å². The zero-order valence-electron chi connectivity index (χ0n) is 15.2. The summed E-state index contributed by atoms with van der Waals surface area (Å²) >= 11 is 3.10. The van der Waals surface area contributed by atoms with Gasteiger partial charge in [0.05, 0.1) is 10.6 Å². The van der Waals surface area contributed by atoms with Crippen molar-refractivity contribution in [2.75, 3.05) is 12.3 Å². The first kappa shape index (κ1) is 18.3. The Labute approximate surface area is 167 Å². The van der Waals surface area contributed by atoms with Crippen LogP contribution in [0.15, 0.2) is 53.0 Å². The number of carbonyl (C=O) groups excluding carboxylic acids is 1. The van der Waals surface area contributed by atoms with Crippen LogP contribution in [-0.4, -0.2) is 43.9 Å². The van der Waals surface area contributed by atoms with Crippen molar-refractivity contribution in [1.29, 1.82) is 0 Å². The predicted molar refractivity (Wildman–Crippen MR) is 110 cm³/mol. The Morgan fingerprint density at radius 1 is 1.19 bits per heavy atom. The van der Waals surface area contributed by atoms with Gasteiger partial charge in [-0.2, -0.15) is 0 Å². The van der Waals surface area contributed by atoms with Gasteiger partial charge >= 0.3 is 0 Å². The van der Waals surface area contributed by atoms with Crippen LogP contribution in [0.1, 0.15) is 26.2 Å². The average Bonchev–Trinajstić information content (AvgIpc) is 3.36. The second-order valence-corrected chi connectivity index (χ2v) is 8.57. The Hall–Kier alpha value is -2.12. The molecule has 0 spiro atoms. The minimum atomic E-state index is 0.187. The summed E-state index contributed by atoms with van der Waals surface area (Å²) in [4.78, 5) is 15.8. The zero-order valence-corrected chi connectivity index (χ0v) is 16.9. The summed E-state index contributed by atoms with van der Waals surface area (Å²) in [5.41, 5.74) is 1.01. The van der Waals surface area contributed by atoms with Gasteiger partial charge in [0, 0.05) is 18.3 Å². The highest BCUT2D eigenvalue weighted by molar-refractivity contribution is 7.99. The molecule has 5 nitrogen and oxygen atoms in total. The van der Waals surface area contributed by atoms with Gasteiger partial charge in [-0.3, -0.25) is 9.36 Å². The number of aromatic nitrogens is 3. The highest BCUT2D eigenvalue weighted by Crippen LogP contribution is 2.30. The Kier molecular flexibility index (Phi) is 5.59. The highest BCUT2D eigenvalue weighted by Gasteiger charge is 2.24. The van der Waals surface area contributed by atoms with E-state index in [0.29, 0.717) is 11.8 Å². The summed E-state index contributed by atoms with van der Waals surface area (Å²) in [5, 5.41) is 11.6. The second-order valence-electron chi connectivity index (χ2n) is 6.68. The number of nitrogens with zero attached hydrogens (tertiary/aromatic N) is 4. The first-order valence-corrected chi connectivity index (χ1v) is 11.1. The predicted octanol–water partition coefficient (Wildman–Crippen LogP) is 4.49. The van der Waals surface area contributed by atoms with Gasteiger partial charge in [-0.15, -0.1) is 21.5 Å². The highest BCUT2D eigenvalue weighted by atomic mass is 32.2. The minimum Gasteiger partial charge on any atom is -0.339 e. The molecule has 2 aromatic heterocycles. The molecule has 1 fully saturated rings. The summed E-state index contributed by atoms with van der Waals surface area (Å²) < 4.78 is 2.05. The van der Waals surface area contributed by atoms with Crippen molar-refractivity contribution in [2.45, 2.75) is 37.4 Å². The summed E-state index contributed by atoms with van der Waals surface area (Å²) in [6, 6.07) is 14.5. The maximum atomic E-state index is 12.7. The lowest BCUT2D eigenvalue weighted by atomic mass is 10.0. The standard InChI is InChI=1S/C20H22N4OS2/c1-15-8-5-6-12-23(15)18(25)14-27-20-22-21-19(17-11-7-13-26-17)24(20)16-9-3-2-4-10-16/h2-4,7,9-11,13,15H,5-6,8,12,14H2,1H3. The monoisotopic (exact) mass is 398 g/mol. The molecular weight excluding hydrogens is 376 g/mol. The number of hydrogen-bond acceptors (Lipinski definition) is 5. The van der Waals surface area contributed by atoms with Crippen molar-refractivity contribution in [1.82, 2.24) is 19.7 Å². The Morgan fingerprint density at radius 3 is 2.78 bits per heavy atom. The SMILES string of the molecule is CC1CCCCN1C(=O)CSc1nnc(-c2cccs2)n1-c1ccccc1. The van der Waals surface area contributed by atoms with Crippen molar-refractivity contribution in [3.63, 3.8) is 0 Å². The third-order valence-electron chi connectivity index (χ3n) is 4.84. The van der Waals surface area contributed by atoms with Gasteiger partial charge < -0.3 is 4.90 Å². The van der Waals surface area contributed by atoms with Crippen LogP contribution in [0.2, 0.25) is 0 Å². The molecule has 0 aliphatic carbocycles. The third-order valence-corrected chi connectivity index (χ3v) is 6.62. The second kappa shape index (κ2) is 8.27. The maximum absolute atomic E-state index is 12.7. The third kappa shape index (κ3) is 3.94. The molecule has 1 unspecified atom stereocenters. The van der Waals surface area contributed by atoms with Crippen molar-refractivity contribution in [2.24, 2.45) is 0 Å². The quantitative estimate of drug-likeness (QED) is 0.594. The number of likely N-dealkylation sites (tertiary alicyclic amines) is 1. The molecule has 0 bridgehead atoms. The molecular formula is C20H22N4OS2. The smallest absolute Gasteiger partial charge is 0.233 e. The van der Waals surface area contributed by atoms with Crippen molar-refractivity contribution >= 4 is 29.0 Å². The molecule has 1 aromatic carbocycles. The number of rotatable bonds is 5. The molecule has 3 aromatic rings. The van der Waals surface area contributed by atoms with Crippen LogP contribution in [0.3, 0.4) is 0 Å². The van der Waals surface area contributed by atoms with Gasteiger partial charge in [0.1, 0.15) is 0 Å². The lowest BCUT2D eigenvalue weighted by molar-refractivity contribution is -0.131. The van der Waals surface area contributed by atoms with Crippen LogP contribution in [0, 0.1) is 0 Å². The summed E-state index contributed by atoms with van der Waals surface area (Å²) in [6.07, 6.45) is 3.41. The fourth-order valence-corrected chi connectivity index (χ4v) is 4.95. The lowest BCUT2D eigenvalue weighted by Gasteiger charge is -2.33. The van der Waals surface area contributed by atoms with E-state index in [1.807, 2.05) is 57.3 Å². The number of piperidine rings is 1. The molecule has 0 radical (unpaired) electrons. The van der Waals surface area contributed by atoms with Crippen molar-refractivity contribution < 1.29 is 4.79 Å². The van der Waals surface area contributed by atoms with Crippen LogP contribution in [0.5, 0.6) is 0 Å². The van der Waals surface area contributed by atoms with Gasteiger partial charge in [0.25, 0.3) is 0 Å². The normalized spacial score (nSPS) is 17.2. The van der Waals surface area contributed by atoms with Gasteiger partial charge in [-0.05, 0) is 49.8 Å². The molecule has 1 aliphatic heterocycles. The fraction of sp³-hybridized carbons (Fsp3) is 0.350. The van der Waals surface area contributed by atoms with E-state index in [4.69, 9.17) is 0 Å². The molecule has 0 saturated carbocycles. The molecule has 3 heterocycles. The van der Waals surface area contributed by atoms with Crippen molar-refractivity contribution in [3.05, 3.63) is 47.8 Å². The fourth-order valence-electron chi connectivity index (χ4n) is 3.42. The number of para-hydroxylation sites is 1. The van der Waals surface area contributed by atoms with Gasteiger partial charge in [0.15, 0.2) is 11.0 Å². The Balaban J connectivity index is 1.58. The molecule has 1 atom stereocenters. The molecule has 140 valence electrons. The molecule has 4 rings (SSSR count). The number of carbonyl (C=O) groups is 1. The van der Waals surface area contributed by atoms with E-state index < -0.39 is 0 Å². The number of hydrogen-bond donors (Lipinski definition) is 0. The molecule has 1 saturated heterocycles. The average molecular weight is 399 g/mol. The molecule has 1 aliphatic rings. The molecule has 0 N–H and O–H groups in total. The summed E-state index contributed by atoms with van der Waals surface area (Å²) in [7, 11) is 0. The summed E-state index contributed by atoms with van der Waals surface area (Å²) in [6.45, 7) is 3.01. The first-order chi connectivity index (χ1) is 13.2. The summed E-state index contributed by atoms with van der Waals surface area (Å²) in [5.74, 6) is 1.39. The molecule has 1 amide bonds. The van der Waals surface area contributed by atoms with Crippen LogP contribution in [-0.2, 0) is 4.79 Å². The van der Waals surface area contributed by atoms with Gasteiger partial charge in [0.2, 0.25) is 5.91 Å². The maximum Gasteiger partial charge on any atom is 0.233 e. The van der Waals surface area contributed by atoms with E-state index in [9.17, 15) is 4.79 Å².